The highest BCUT2D eigenvalue weighted by molar-refractivity contribution is 9.10. The van der Waals surface area contributed by atoms with E-state index in [9.17, 15) is 24.0 Å². The summed E-state index contributed by atoms with van der Waals surface area (Å²) in [5, 5.41) is 5.28. The van der Waals surface area contributed by atoms with Crippen LogP contribution in [0, 0.1) is 0 Å². The molecule has 1 aromatic rings. The van der Waals surface area contributed by atoms with E-state index in [0.717, 1.165) is 4.90 Å². The summed E-state index contributed by atoms with van der Waals surface area (Å²) in [5.74, 6) is -1.65. The number of hydrogen-bond acceptors (Lipinski definition) is 6. The number of imide groups is 1. The topological polar surface area (TPSA) is 125 Å². The summed E-state index contributed by atoms with van der Waals surface area (Å²) in [6.45, 7) is 5.52. The highest BCUT2D eigenvalue weighted by atomic mass is 79.9. The first-order valence-corrected chi connectivity index (χ1v) is 11.4. The van der Waals surface area contributed by atoms with E-state index in [1.54, 1.807) is 43.9 Å². The molecule has 1 fully saturated rings. The average Bonchev–Trinajstić information content (AvgIpc) is 2.95. The van der Waals surface area contributed by atoms with Crippen molar-refractivity contribution in [2.45, 2.75) is 45.3 Å². The molecule has 0 spiro atoms. The van der Waals surface area contributed by atoms with Crippen LogP contribution in [0.4, 0.5) is 4.79 Å². The predicted molar refractivity (Wildman–Crippen MR) is 121 cm³/mol. The van der Waals surface area contributed by atoms with Gasteiger partial charge in [0.1, 0.15) is 18.7 Å². The molecular weight excluding hydrogens is 496 g/mol. The maximum absolute atomic E-state index is 12.5. The Kier molecular flexibility index (Phi) is 7.41. The molecule has 0 aliphatic carbocycles. The maximum Gasteiger partial charge on any atom is 0.408 e. The van der Waals surface area contributed by atoms with Crippen molar-refractivity contribution in [1.82, 2.24) is 20.4 Å². The van der Waals surface area contributed by atoms with E-state index < -0.39 is 29.4 Å². The number of alkyl carbamates (subject to hydrolysis) is 1. The third-order valence-electron chi connectivity index (χ3n) is 5.23. The van der Waals surface area contributed by atoms with Crippen LogP contribution < -0.4 is 10.6 Å². The molecule has 0 radical (unpaired) electrons. The summed E-state index contributed by atoms with van der Waals surface area (Å²) in [6.07, 6.45) is 0.399. The van der Waals surface area contributed by atoms with Crippen LogP contribution in [-0.2, 0) is 14.3 Å². The van der Waals surface area contributed by atoms with Crippen molar-refractivity contribution >= 4 is 45.7 Å². The minimum atomic E-state index is -0.654. The van der Waals surface area contributed by atoms with E-state index in [4.69, 9.17) is 4.74 Å². The second-order valence-corrected chi connectivity index (χ2v) is 9.88. The molecule has 178 valence electrons. The van der Waals surface area contributed by atoms with Gasteiger partial charge in [0.25, 0.3) is 11.8 Å². The molecule has 2 heterocycles. The number of amides is 5. The number of ether oxygens (including phenoxy) is 1. The molecule has 2 aliphatic rings. The number of carbonyl (C=O) groups is 5. The van der Waals surface area contributed by atoms with Crippen molar-refractivity contribution in [1.29, 1.82) is 0 Å². The molecule has 33 heavy (non-hydrogen) atoms. The molecule has 0 atom stereocenters. The van der Waals surface area contributed by atoms with E-state index in [1.165, 1.54) is 0 Å². The Morgan fingerprint density at radius 1 is 1.09 bits per heavy atom. The Morgan fingerprint density at radius 3 is 2.36 bits per heavy atom. The Morgan fingerprint density at radius 2 is 1.73 bits per heavy atom. The highest BCUT2D eigenvalue weighted by Gasteiger charge is 2.37. The number of halogens is 1. The zero-order valence-corrected chi connectivity index (χ0v) is 20.4. The van der Waals surface area contributed by atoms with E-state index in [2.05, 4.69) is 26.6 Å². The van der Waals surface area contributed by atoms with Crippen molar-refractivity contribution < 1.29 is 28.7 Å². The first-order valence-electron chi connectivity index (χ1n) is 10.6. The van der Waals surface area contributed by atoms with Gasteiger partial charge < -0.3 is 20.3 Å². The maximum atomic E-state index is 12.5. The van der Waals surface area contributed by atoms with Crippen molar-refractivity contribution in [3.8, 4) is 0 Å². The Hall–Kier alpha value is -2.95. The summed E-state index contributed by atoms with van der Waals surface area (Å²) in [4.78, 5) is 64.0. The summed E-state index contributed by atoms with van der Waals surface area (Å²) in [5.41, 5.74) is -0.0926. The molecule has 11 heteroatoms. The minimum absolute atomic E-state index is 0.165. The largest absolute Gasteiger partial charge is 0.444 e. The van der Waals surface area contributed by atoms with Gasteiger partial charge in [0.15, 0.2) is 0 Å². The second-order valence-electron chi connectivity index (χ2n) is 8.96. The molecule has 5 amide bonds. The Bertz CT molecular complexity index is 982. The monoisotopic (exact) mass is 522 g/mol. The second kappa shape index (κ2) is 9.90. The van der Waals surface area contributed by atoms with Crippen LogP contribution in [-0.4, -0.2) is 77.3 Å². The number of likely N-dealkylation sites (tertiary alicyclic amines) is 1. The van der Waals surface area contributed by atoms with Crippen LogP contribution in [0.25, 0.3) is 0 Å². The van der Waals surface area contributed by atoms with Crippen molar-refractivity contribution in [2.24, 2.45) is 0 Å². The number of piperidine rings is 1. The third-order valence-corrected chi connectivity index (χ3v) is 5.72. The van der Waals surface area contributed by atoms with Gasteiger partial charge in [0.2, 0.25) is 11.8 Å². The number of nitrogens with zero attached hydrogens (tertiary/aromatic N) is 2. The number of nitrogens with one attached hydrogen (secondary N) is 2. The van der Waals surface area contributed by atoms with Gasteiger partial charge >= 0.3 is 6.09 Å². The number of fused-ring (bicyclic) bond motifs is 1. The molecule has 2 N–H and O–H groups in total. The van der Waals surface area contributed by atoms with Crippen LogP contribution >= 0.6 is 15.9 Å². The highest BCUT2D eigenvalue weighted by Crippen LogP contribution is 2.25. The molecule has 1 aromatic carbocycles. The lowest BCUT2D eigenvalue weighted by atomic mass is 10.0. The third kappa shape index (κ3) is 6.31. The molecule has 0 unspecified atom stereocenters. The van der Waals surface area contributed by atoms with Gasteiger partial charge in [0.05, 0.1) is 11.1 Å². The van der Waals surface area contributed by atoms with E-state index in [1.807, 2.05) is 0 Å². The first-order chi connectivity index (χ1) is 15.4. The Labute approximate surface area is 200 Å². The first kappa shape index (κ1) is 24.7. The summed E-state index contributed by atoms with van der Waals surface area (Å²) < 4.78 is 5.79. The van der Waals surface area contributed by atoms with Crippen LogP contribution in [0.1, 0.15) is 54.3 Å². The SMILES string of the molecule is CC(C)(C)OC(=O)NCC(=O)N1CCC(NC(=O)CN2C(=O)c3ccc(Br)cc3C2=O)CC1. The smallest absolute Gasteiger partial charge is 0.408 e. The standard InChI is InChI=1S/C22H27BrN4O6/c1-22(2,3)33-21(32)24-11-18(29)26-8-6-14(7-9-26)25-17(28)12-27-19(30)15-5-4-13(23)10-16(15)20(27)31/h4-5,10,14H,6-9,11-12H2,1-3H3,(H,24,32)(H,25,28). The molecule has 3 rings (SSSR count). The van der Waals surface area contributed by atoms with Crippen molar-refractivity contribution in [2.75, 3.05) is 26.2 Å². The zero-order valence-electron chi connectivity index (χ0n) is 18.8. The molecule has 2 aliphatic heterocycles. The quantitative estimate of drug-likeness (QED) is 0.566. The van der Waals surface area contributed by atoms with Crippen LogP contribution in [0.2, 0.25) is 0 Å². The molecule has 0 saturated carbocycles. The molecule has 0 bridgehead atoms. The van der Waals surface area contributed by atoms with E-state index in [-0.39, 0.29) is 36.2 Å². The van der Waals surface area contributed by atoms with E-state index in [0.29, 0.717) is 30.4 Å². The molecular formula is C22H27BrN4O6. The van der Waals surface area contributed by atoms with Gasteiger partial charge in [-0.1, -0.05) is 15.9 Å². The lowest BCUT2D eigenvalue weighted by molar-refractivity contribution is -0.131. The number of benzene rings is 1. The molecule has 10 nitrogen and oxygen atoms in total. The van der Waals surface area contributed by atoms with Crippen LogP contribution in [0.5, 0.6) is 0 Å². The van der Waals surface area contributed by atoms with Crippen LogP contribution in [0.15, 0.2) is 22.7 Å². The number of rotatable bonds is 5. The van der Waals surface area contributed by atoms with Crippen LogP contribution in [0.3, 0.4) is 0 Å². The molecule has 1 saturated heterocycles. The number of hydrogen-bond donors (Lipinski definition) is 2. The normalized spacial score (nSPS) is 16.5. The van der Waals surface area contributed by atoms with Crippen molar-refractivity contribution in [3.05, 3.63) is 33.8 Å². The predicted octanol–water partition coefficient (Wildman–Crippen LogP) is 1.68. The van der Waals surface area contributed by atoms with E-state index >= 15 is 0 Å². The average molecular weight is 523 g/mol. The summed E-state index contributed by atoms with van der Waals surface area (Å²) >= 11 is 3.28. The lowest BCUT2D eigenvalue weighted by Crippen LogP contribution is -2.51. The number of carbonyl (C=O) groups excluding carboxylic acids is 5. The van der Waals surface area contributed by atoms with Crippen molar-refractivity contribution in [3.63, 3.8) is 0 Å². The molecule has 0 aromatic heterocycles. The fraction of sp³-hybridized carbons (Fsp3) is 0.500. The van der Waals surface area contributed by atoms with Gasteiger partial charge in [-0.25, -0.2) is 4.79 Å². The summed E-state index contributed by atoms with van der Waals surface area (Å²) in [7, 11) is 0. The van der Waals surface area contributed by atoms with Gasteiger partial charge in [-0.05, 0) is 51.8 Å². The van der Waals surface area contributed by atoms with Gasteiger partial charge in [-0.2, -0.15) is 0 Å². The zero-order chi connectivity index (χ0) is 24.3. The summed E-state index contributed by atoms with van der Waals surface area (Å²) in [6, 6.07) is 4.62. The fourth-order valence-electron chi connectivity index (χ4n) is 3.67. The fourth-order valence-corrected chi connectivity index (χ4v) is 4.03. The van der Waals surface area contributed by atoms with Gasteiger partial charge in [-0.15, -0.1) is 0 Å². The van der Waals surface area contributed by atoms with Gasteiger partial charge in [0, 0.05) is 23.6 Å². The lowest BCUT2D eigenvalue weighted by Gasteiger charge is -2.32. The van der Waals surface area contributed by atoms with Gasteiger partial charge in [-0.3, -0.25) is 24.1 Å². The Balaban J connectivity index is 1.42. The minimum Gasteiger partial charge on any atom is -0.444 e.